The summed E-state index contributed by atoms with van der Waals surface area (Å²) in [7, 11) is 1.66. The Labute approximate surface area is 147 Å². The van der Waals surface area contributed by atoms with Gasteiger partial charge in [-0.05, 0) is 41.0 Å². The Morgan fingerprint density at radius 3 is 2.64 bits per heavy atom. The Bertz CT molecular complexity index is 867. The molecule has 0 spiro atoms. The van der Waals surface area contributed by atoms with E-state index in [0.29, 0.717) is 5.76 Å². The first-order valence-corrected chi connectivity index (χ1v) is 8.76. The number of morpholine rings is 1. The lowest BCUT2D eigenvalue weighted by atomic mass is 9.88. The van der Waals surface area contributed by atoms with Crippen molar-refractivity contribution in [1.82, 2.24) is 5.32 Å². The second kappa shape index (κ2) is 6.90. The molecular formula is C21H23NO3. The Hall–Kier alpha value is -2.30. The average molecular weight is 337 g/mol. The Balaban J connectivity index is 1.67. The summed E-state index contributed by atoms with van der Waals surface area (Å²) in [5, 5.41) is 16.2. The predicted molar refractivity (Wildman–Crippen MR) is 98.1 cm³/mol. The van der Waals surface area contributed by atoms with Crippen LogP contribution in [0.25, 0.3) is 11.8 Å². The van der Waals surface area contributed by atoms with Crippen molar-refractivity contribution >= 4 is 11.8 Å². The van der Waals surface area contributed by atoms with E-state index < -0.39 is 0 Å². The summed E-state index contributed by atoms with van der Waals surface area (Å²) in [5.74, 6) is 1.27. The fourth-order valence-corrected chi connectivity index (χ4v) is 3.64. The molecule has 2 aliphatic rings. The van der Waals surface area contributed by atoms with Crippen LogP contribution in [-0.2, 0) is 4.74 Å². The standard InChI is InChI=1S/C21H23NO3/c1-24-17-6-2-14(3-7-17)18-8-4-15-12-16(5-9-19(15)21(18)23)20-13-22-10-11-25-20/h2-7,9,12,18,20,22-23H,8,10-11,13H2,1H3. The van der Waals surface area contributed by atoms with Crippen molar-refractivity contribution < 1.29 is 14.6 Å². The molecule has 0 aromatic heterocycles. The van der Waals surface area contributed by atoms with E-state index in [1.54, 1.807) is 7.11 Å². The van der Waals surface area contributed by atoms with Gasteiger partial charge in [-0.25, -0.2) is 0 Å². The number of ether oxygens (including phenoxy) is 2. The maximum atomic E-state index is 10.8. The summed E-state index contributed by atoms with van der Waals surface area (Å²) in [6.07, 6.45) is 3.09. The van der Waals surface area contributed by atoms with Gasteiger partial charge >= 0.3 is 0 Å². The van der Waals surface area contributed by atoms with Gasteiger partial charge in [0.05, 0.1) is 19.8 Å². The first-order chi connectivity index (χ1) is 12.3. The van der Waals surface area contributed by atoms with Gasteiger partial charge in [0.25, 0.3) is 0 Å². The van der Waals surface area contributed by atoms with Crippen LogP contribution in [0.5, 0.6) is 5.75 Å². The van der Waals surface area contributed by atoms with Crippen molar-refractivity contribution in [2.45, 2.75) is 18.4 Å². The number of aliphatic hydroxyl groups is 1. The van der Waals surface area contributed by atoms with Crippen LogP contribution in [-0.4, -0.2) is 31.9 Å². The van der Waals surface area contributed by atoms with E-state index in [1.807, 2.05) is 30.3 Å². The molecule has 130 valence electrons. The third-order valence-electron chi connectivity index (χ3n) is 5.07. The molecular weight excluding hydrogens is 314 g/mol. The van der Waals surface area contributed by atoms with Crippen molar-refractivity contribution in [3.63, 3.8) is 0 Å². The lowest BCUT2D eigenvalue weighted by molar-refractivity contribution is 0.0276. The summed E-state index contributed by atoms with van der Waals surface area (Å²) < 4.78 is 11.1. The number of fused-ring (bicyclic) bond motifs is 1. The van der Waals surface area contributed by atoms with Crippen molar-refractivity contribution in [1.29, 1.82) is 0 Å². The van der Waals surface area contributed by atoms with Crippen LogP contribution in [0.3, 0.4) is 0 Å². The zero-order valence-corrected chi connectivity index (χ0v) is 14.4. The predicted octanol–water partition coefficient (Wildman–Crippen LogP) is 1.99. The van der Waals surface area contributed by atoms with E-state index in [-0.39, 0.29) is 12.0 Å². The molecule has 1 aliphatic heterocycles. The molecule has 1 aliphatic carbocycles. The van der Waals surface area contributed by atoms with E-state index >= 15 is 0 Å². The molecule has 4 heteroatoms. The lowest BCUT2D eigenvalue weighted by Gasteiger charge is -2.24. The summed E-state index contributed by atoms with van der Waals surface area (Å²) >= 11 is 0. The van der Waals surface area contributed by atoms with Crippen molar-refractivity contribution in [2.24, 2.45) is 0 Å². The van der Waals surface area contributed by atoms with Gasteiger partial charge in [-0.1, -0.05) is 30.3 Å². The van der Waals surface area contributed by atoms with Gasteiger partial charge in [-0.15, -0.1) is 0 Å². The summed E-state index contributed by atoms with van der Waals surface area (Å²) in [4.78, 5) is 0. The van der Waals surface area contributed by atoms with Gasteiger partial charge < -0.3 is 19.9 Å². The number of rotatable bonds is 3. The maximum absolute atomic E-state index is 10.8. The SMILES string of the molecule is COc1ccc(C2CC=c3cc(C4CNCCO4)ccc3=C2O)cc1. The minimum Gasteiger partial charge on any atom is -0.511 e. The molecule has 2 aromatic rings. The van der Waals surface area contributed by atoms with Crippen LogP contribution in [0.15, 0.2) is 42.5 Å². The van der Waals surface area contributed by atoms with Crippen LogP contribution in [0.1, 0.15) is 29.6 Å². The fraction of sp³-hybridized carbons (Fsp3) is 0.333. The topological polar surface area (TPSA) is 50.7 Å². The average Bonchev–Trinajstić information content (AvgIpc) is 2.69. The van der Waals surface area contributed by atoms with Crippen molar-refractivity contribution in [3.8, 4) is 5.75 Å². The van der Waals surface area contributed by atoms with E-state index in [9.17, 15) is 5.11 Å². The lowest BCUT2D eigenvalue weighted by Crippen LogP contribution is -2.36. The molecule has 4 nitrogen and oxygen atoms in total. The number of benzene rings is 2. The molecule has 0 amide bonds. The molecule has 1 heterocycles. The molecule has 0 bridgehead atoms. The van der Waals surface area contributed by atoms with Gasteiger partial charge in [-0.2, -0.15) is 0 Å². The van der Waals surface area contributed by atoms with Crippen molar-refractivity contribution in [3.05, 3.63) is 64.0 Å². The number of methoxy groups -OCH3 is 1. The number of aliphatic hydroxyl groups excluding tert-OH is 1. The van der Waals surface area contributed by atoms with Gasteiger partial charge in [-0.3, -0.25) is 0 Å². The Morgan fingerprint density at radius 2 is 1.92 bits per heavy atom. The molecule has 2 unspecified atom stereocenters. The first-order valence-electron chi connectivity index (χ1n) is 8.76. The molecule has 1 fully saturated rings. The summed E-state index contributed by atoms with van der Waals surface area (Å²) in [5.41, 5.74) is 2.27. The van der Waals surface area contributed by atoms with Crippen LogP contribution in [0.2, 0.25) is 0 Å². The smallest absolute Gasteiger partial charge is 0.118 e. The molecule has 0 saturated carbocycles. The second-order valence-corrected chi connectivity index (χ2v) is 6.56. The zero-order chi connectivity index (χ0) is 17.2. The van der Waals surface area contributed by atoms with Crippen LogP contribution in [0.4, 0.5) is 0 Å². The van der Waals surface area contributed by atoms with Gasteiger partial charge in [0.15, 0.2) is 0 Å². The molecule has 2 atom stereocenters. The van der Waals surface area contributed by atoms with Crippen molar-refractivity contribution in [2.75, 3.05) is 26.8 Å². The minimum absolute atomic E-state index is 0.00291. The van der Waals surface area contributed by atoms with Crippen LogP contribution in [0, 0.1) is 0 Å². The summed E-state index contributed by atoms with van der Waals surface area (Å²) in [6.45, 7) is 2.48. The number of hydrogen-bond acceptors (Lipinski definition) is 4. The molecule has 25 heavy (non-hydrogen) atoms. The number of nitrogens with one attached hydrogen (secondary N) is 1. The normalized spacial score (nSPS) is 22.8. The van der Waals surface area contributed by atoms with E-state index in [1.165, 1.54) is 0 Å². The highest BCUT2D eigenvalue weighted by Crippen LogP contribution is 2.29. The highest BCUT2D eigenvalue weighted by molar-refractivity contribution is 5.55. The molecule has 0 radical (unpaired) electrons. The van der Waals surface area contributed by atoms with Gasteiger partial charge in [0.1, 0.15) is 11.5 Å². The fourth-order valence-electron chi connectivity index (χ4n) is 3.64. The van der Waals surface area contributed by atoms with E-state index in [2.05, 4.69) is 23.5 Å². The highest BCUT2D eigenvalue weighted by atomic mass is 16.5. The third kappa shape index (κ3) is 3.15. The maximum Gasteiger partial charge on any atom is 0.118 e. The summed E-state index contributed by atoms with van der Waals surface area (Å²) in [6, 6.07) is 14.2. The second-order valence-electron chi connectivity index (χ2n) is 6.56. The van der Waals surface area contributed by atoms with E-state index in [0.717, 1.165) is 53.4 Å². The Kier molecular flexibility index (Phi) is 4.47. The first kappa shape index (κ1) is 16.2. The molecule has 2 aromatic carbocycles. The molecule has 4 rings (SSSR count). The third-order valence-corrected chi connectivity index (χ3v) is 5.07. The quantitative estimate of drug-likeness (QED) is 0.899. The Morgan fingerprint density at radius 1 is 1.12 bits per heavy atom. The number of hydrogen-bond donors (Lipinski definition) is 2. The zero-order valence-electron chi connectivity index (χ0n) is 14.4. The van der Waals surface area contributed by atoms with Gasteiger partial charge in [0, 0.05) is 24.2 Å². The molecule has 2 N–H and O–H groups in total. The largest absolute Gasteiger partial charge is 0.511 e. The van der Waals surface area contributed by atoms with Crippen LogP contribution >= 0.6 is 0 Å². The van der Waals surface area contributed by atoms with Crippen LogP contribution < -0.4 is 20.5 Å². The molecule has 1 saturated heterocycles. The minimum atomic E-state index is -0.00291. The van der Waals surface area contributed by atoms with Gasteiger partial charge in [0.2, 0.25) is 0 Å². The monoisotopic (exact) mass is 337 g/mol. The van der Waals surface area contributed by atoms with E-state index in [4.69, 9.17) is 9.47 Å². The highest BCUT2D eigenvalue weighted by Gasteiger charge is 2.21.